The van der Waals surface area contributed by atoms with Gasteiger partial charge in [0.05, 0.1) is 22.0 Å². The third-order valence-corrected chi connectivity index (χ3v) is 7.48. The molecule has 0 unspecified atom stereocenters. The van der Waals surface area contributed by atoms with Gasteiger partial charge >= 0.3 is 0 Å². The highest BCUT2D eigenvalue weighted by Gasteiger charge is 2.18. The van der Waals surface area contributed by atoms with Gasteiger partial charge in [0.15, 0.2) is 0 Å². The van der Waals surface area contributed by atoms with Crippen LogP contribution < -0.4 is 0 Å². The van der Waals surface area contributed by atoms with E-state index in [1.54, 1.807) is 54.6 Å². The highest BCUT2D eigenvalue weighted by molar-refractivity contribution is 6.21. The van der Waals surface area contributed by atoms with Crippen LogP contribution in [-0.2, 0) is 6.37 Å². The lowest BCUT2D eigenvalue weighted by Crippen LogP contribution is -2.00. The van der Waals surface area contributed by atoms with Gasteiger partial charge < -0.3 is 0 Å². The van der Waals surface area contributed by atoms with Gasteiger partial charge in [-0.25, -0.2) is 4.98 Å². The monoisotopic (exact) mass is 537 g/mol. The van der Waals surface area contributed by atoms with Crippen LogP contribution in [0.3, 0.4) is 0 Å². The zero-order valence-electron chi connectivity index (χ0n) is 34.6. The van der Waals surface area contributed by atoms with E-state index in [-0.39, 0.29) is 49.7 Å². The van der Waals surface area contributed by atoms with Crippen LogP contribution in [0.2, 0.25) is 0 Å². The highest BCUT2D eigenvalue weighted by atomic mass is 15.1. The lowest BCUT2D eigenvalue weighted by atomic mass is 9.85. The van der Waals surface area contributed by atoms with Crippen molar-refractivity contribution in [1.29, 1.82) is 0 Å². The minimum Gasteiger partial charge on any atom is -0.296 e. The summed E-state index contributed by atoms with van der Waals surface area (Å²) < 4.78 is 115. The van der Waals surface area contributed by atoms with Crippen LogP contribution >= 0.6 is 0 Å². The summed E-state index contributed by atoms with van der Waals surface area (Å²) in [5.41, 5.74) is 2.11. The second-order valence-corrected chi connectivity index (χ2v) is 9.75. The number of benzene rings is 7. The Balaban J connectivity index is 1.57. The van der Waals surface area contributed by atoms with Crippen LogP contribution in [0.4, 0.5) is 0 Å². The van der Waals surface area contributed by atoms with E-state index in [9.17, 15) is 5.48 Å². The van der Waals surface area contributed by atoms with E-state index in [0.29, 0.717) is 16.6 Å². The Bertz CT molecular complexity index is 2810. The average molecular weight is 538 g/mol. The lowest BCUT2D eigenvalue weighted by Gasteiger charge is -2.19. The summed E-state index contributed by atoms with van der Waals surface area (Å²) in [7, 11) is 0. The summed E-state index contributed by atoms with van der Waals surface area (Å²) in [4.78, 5) is 4.42. The van der Waals surface area contributed by atoms with Gasteiger partial charge in [0, 0.05) is 18.9 Å². The molecule has 1 aromatic heterocycles. The quantitative estimate of drug-likeness (QED) is 0.204. The predicted octanol–water partition coefficient (Wildman–Crippen LogP) is 10.4. The Kier molecular flexibility index (Phi) is 3.21. The first kappa shape index (κ1) is 13.9. The zero-order valence-corrected chi connectivity index (χ0v) is 21.6. The van der Waals surface area contributed by atoms with Gasteiger partial charge in [-0.2, -0.15) is 0 Å². The van der Waals surface area contributed by atoms with Gasteiger partial charge in [0.25, 0.3) is 0 Å². The molecule has 41 heavy (non-hydrogen) atoms. The molecule has 0 atom stereocenters. The lowest BCUT2D eigenvalue weighted by molar-refractivity contribution is 0.908. The van der Waals surface area contributed by atoms with Crippen LogP contribution in [0.5, 0.6) is 0 Å². The molecule has 8 aromatic rings. The molecule has 0 fully saturated rings. The van der Waals surface area contributed by atoms with Gasteiger partial charge in [-0.3, -0.25) is 4.57 Å². The van der Waals surface area contributed by atoms with E-state index in [0.717, 1.165) is 10.8 Å². The fourth-order valence-electron chi connectivity index (χ4n) is 5.72. The number of nitrogens with zero attached hydrogens (tertiary/aromatic N) is 2. The first-order valence-corrected chi connectivity index (χ1v) is 13.1. The summed E-state index contributed by atoms with van der Waals surface area (Å²) in [6.45, 7) is -3.10. The summed E-state index contributed by atoms with van der Waals surface area (Å²) in [6, 6.07) is 22.4. The van der Waals surface area contributed by atoms with Crippen LogP contribution in [0.15, 0.2) is 139 Å². The van der Waals surface area contributed by atoms with E-state index >= 15 is 0 Å². The molecule has 2 heteroatoms. The predicted molar refractivity (Wildman–Crippen MR) is 174 cm³/mol. The normalized spacial score (nSPS) is 16.8. The van der Waals surface area contributed by atoms with Crippen molar-refractivity contribution in [3.8, 4) is 27.9 Å². The molecule has 1 heterocycles. The standard InChI is InChI=1S/C39H28N2/c1-2-37-40-35-20-9-10-21-36(35)41(37)30-15-11-14-28(25-30)38-31-16-5-7-18-33(31)39(34-19-8-6-17-32(34)38)29-23-22-26-12-3-4-13-27(26)24-29/h3-25H,2H2,1H3/i1D3,2D2,5D,6D,7D,8D,16D,17D,18D,19D. The molecule has 0 saturated carbocycles. The first-order chi connectivity index (χ1) is 25.5. The Hall–Kier alpha value is -5.21. The Morgan fingerprint density at radius 3 is 2.00 bits per heavy atom. The number of hydrogen-bond donors (Lipinski definition) is 0. The first-order valence-electron chi connectivity index (χ1n) is 19.6. The largest absolute Gasteiger partial charge is 0.296 e. The third kappa shape index (κ3) is 3.76. The topological polar surface area (TPSA) is 17.8 Å². The maximum Gasteiger partial charge on any atom is 0.114 e. The van der Waals surface area contributed by atoms with Crippen LogP contribution in [0.25, 0.3) is 71.3 Å². The van der Waals surface area contributed by atoms with Crippen LogP contribution in [0, 0.1) is 0 Å². The molecule has 194 valence electrons. The van der Waals surface area contributed by atoms with Crippen molar-refractivity contribution in [2.45, 2.75) is 13.2 Å². The molecule has 0 saturated heterocycles. The van der Waals surface area contributed by atoms with Crippen LogP contribution in [-0.4, -0.2) is 9.55 Å². The molecule has 7 aromatic carbocycles. The van der Waals surface area contributed by atoms with Gasteiger partial charge in [0.2, 0.25) is 0 Å². The number of fused-ring (bicyclic) bond motifs is 4. The molecule has 0 aliphatic rings. The fraction of sp³-hybridized carbons (Fsp3) is 0.0513. The maximum absolute atomic E-state index is 9.28. The van der Waals surface area contributed by atoms with E-state index in [2.05, 4.69) is 4.98 Å². The van der Waals surface area contributed by atoms with Crippen molar-refractivity contribution in [2.75, 3.05) is 0 Å². The number of para-hydroxylation sites is 2. The summed E-state index contributed by atoms with van der Waals surface area (Å²) in [5.74, 6) is -0.383. The Morgan fingerprint density at radius 1 is 0.659 bits per heavy atom. The molecular weight excluding hydrogens is 496 g/mol. The van der Waals surface area contributed by atoms with Crippen molar-refractivity contribution in [2.24, 2.45) is 0 Å². The van der Waals surface area contributed by atoms with Crippen LogP contribution in [0.1, 0.15) is 30.5 Å². The molecule has 2 nitrogen and oxygen atoms in total. The molecule has 8 rings (SSSR count). The Morgan fingerprint density at radius 2 is 1.29 bits per heavy atom. The smallest absolute Gasteiger partial charge is 0.114 e. The van der Waals surface area contributed by atoms with Crippen molar-refractivity contribution in [1.82, 2.24) is 9.55 Å². The van der Waals surface area contributed by atoms with E-state index < -0.39 is 61.6 Å². The van der Waals surface area contributed by atoms with Crippen molar-refractivity contribution in [3.05, 3.63) is 145 Å². The Labute approximate surface area is 257 Å². The fourth-order valence-corrected chi connectivity index (χ4v) is 5.72. The SMILES string of the molecule is [2H]c1c([2H])c([2H])c2c(-c3ccc4ccccc4c3)c3c([2H])c([2H])c([2H])c([2H])c3c(-c3cccc(-n4c(C([2H])([2H])C([2H])([2H])[2H])nc5ccccc54)c3)c2c1[2H]. The van der Waals surface area contributed by atoms with Gasteiger partial charge in [-0.1, -0.05) is 116 Å². The minimum atomic E-state index is -3.10. The molecule has 0 spiro atoms. The summed E-state index contributed by atoms with van der Waals surface area (Å²) in [6.07, 6.45) is -2.90. The highest BCUT2D eigenvalue weighted by Crippen LogP contribution is 2.44. The second kappa shape index (κ2) is 9.46. The van der Waals surface area contributed by atoms with Crippen molar-refractivity contribution in [3.63, 3.8) is 0 Å². The van der Waals surface area contributed by atoms with E-state index in [1.807, 2.05) is 36.4 Å². The maximum atomic E-state index is 9.28. The second-order valence-electron chi connectivity index (χ2n) is 9.75. The van der Waals surface area contributed by atoms with E-state index in [4.69, 9.17) is 12.3 Å². The van der Waals surface area contributed by atoms with Gasteiger partial charge in [-0.05, 0) is 84.9 Å². The molecule has 0 amide bonds. The molecule has 0 aliphatic carbocycles. The molecule has 0 N–H and O–H groups in total. The van der Waals surface area contributed by atoms with Crippen molar-refractivity contribution < 1.29 is 17.8 Å². The third-order valence-electron chi connectivity index (χ3n) is 7.48. The van der Waals surface area contributed by atoms with Gasteiger partial charge in [-0.15, -0.1) is 0 Å². The summed E-state index contributed by atoms with van der Waals surface area (Å²) >= 11 is 0. The zero-order chi connectivity index (χ0) is 38.6. The van der Waals surface area contributed by atoms with E-state index in [1.165, 1.54) is 4.57 Å². The van der Waals surface area contributed by atoms with Crippen molar-refractivity contribution >= 4 is 43.4 Å². The minimum absolute atomic E-state index is 0.0207. The number of hydrogen-bond acceptors (Lipinski definition) is 1. The summed E-state index contributed by atoms with van der Waals surface area (Å²) in [5, 5.41) is 1.87. The average Bonchev–Trinajstić information content (AvgIpc) is 3.56. The number of aryl methyl sites for hydroxylation is 1. The number of imidazole rings is 1. The van der Waals surface area contributed by atoms with Gasteiger partial charge in [0.1, 0.15) is 5.82 Å². The molecular formula is C39H28N2. The molecule has 0 radical (unpaired) electrons. The number of rotatable bonds is 4. The number of aromatic nitrogens is 2. The molecule has 0 aliphatic heterocycles. The molecule has 0 bridgehead atoms.